The minimum atomic E-state index is -0.376. The molecule has 0 aromatic heterocycles. The lowest BCUT2D eigenvalue weighted by atomic mass is 10.1. The van der Waals surface area contributed by atoms with Crippen molar-refractivity contribution < 1.29 is 23.9 Å². The largest absolute Gasteiger partial charge is 0.484 e. The summed E-state index contributed by atoms with van der Waals surface area (Å²) >= 11 is 0. The van der Waals surface area contributed by atoms with Crippen LogP contribution in [0.2, 0.25) is 0 Å². The summed E-state index contributed by atoms with van der Waals surface area (Å²) in [6, 6.07) is 12.7. The highest BCUT2D eigenvalue weighted by molar-refractivity contribution is 6.00. The first-order chi connectivity index (χ1) is 16.4. The van der Waals surface area contributed by atoms with Crippen LogP contribution in [-0.4, -0.2) is 50.1 Å². The van der Waals surface area contributed by atoms with Crippen molar-refractivity contribution in [3.05, 3.63) is 53.6 Å². The Balaban J connectivity index is 1.25. The maximum atomic E-state index is 12.5. The number of anilines is 2. The van der Waals surface area contributed by atoms with Crippen molar-refractivity contribution in [3.8, 4) is 5.75 Å². The van der Waals surface area contributed by atoms with Crippen molar-refractivity contribution in [3.63, 3.8) is 0 Å². The Morgan fingerprint density at radius 1 is 1.12 bits per heavy atom. The first kappa shape index (κ1) is 23.8. The summed E-state index contributed by atoms with van der Waals surface area (Å²) in [5, 5.41) is 5.74. The monoisotopic (exact) mass is 465 g/mol. The molecule has 2 atom stereocenters. The standard InChI is InChI=1S/C26H31N3O5/c1-17-5-6-20(12-18(17)2)28-24(30)16-34-22-9-7-21(8-10-22)29-15-19(13-25(29)31)26(32)27-14-23-4-3-11-33-23/h5-10,12,19,23H,3-4,11,13-16H2,1-2H3,(H,27,32)(H,28,30)/t19-,23+/m0/s1. The normalized spacial score (nSPS) is 19.8. The summed E-state index contributed by atoms with van der Waals surface area (Å²) in [7, 11) is 0. The molecule has 2 aromatic rings. The number of nitrogens with one attached hydrogen (secondary N) is 2. The van der Waals surface area contributed by atoms with Gasteiger partial charge in [0.1, 0.15) is 5.75 Å². The van der Waals surface area contributed by atoms with Gasteiger partial charge in [-0.05, 0) is 74.2 Å². The van der Waals surface area contributed by atoms with Gasteiger partial charge in [0.25, 0.3) is 5.91 Å². The first-order valence-electron chi connectivity index (χ1n) is 11.7. The van der Waals surface area contributed by atoms with Crippen molar-refractivity contribution in [2.75, 3.05) is 36.5 Å². The predicted octanol–water partition coefficient (Wildman–Crippen LogP) is 2.97. The fourth-order valence-electron chi connectivity index (χ4n) is 4.18. The minimum Gasteiger partial charge on any atom is -0.484 e. The molecule has 8 heteroatoms. The Morgan fingerprint density at radius 3 is 2.62 bits per heavy atom. The van der Waals surface area contributed by atoms with Crippen molar-refractivity contribution in [2.45, 2.75) is 39.2 Å². The fraction of sp³-hybridized carbons (Fsp3) is 0.423. The highest BCUT2D eigenvalue weighted by Gasteiger charge is 2.35. The molecule has 2 fully saturated rings. The number of hydrogen-bond donors (Lipinski definition) is 2. The molecule has 4 rings (SSSR count). The molecule has 2 saturated heterocycles. The average Bonchev–Trinajstić information content (AvgIpc) is 3.49. The van der Waals surface area contributed by atoms with Gasteiger partial charge in [-0.25, -0.2) is 0 Å². The van der Waals surface area contributed by atoms with Crippen LogP contribution < -0.4 is 20.3 Å². The molecule has 34 heavy (non-hydrogen) atoms. The third-order valence-electron chi connectivity index (χ3n) is 6.33. The number of amides is 3. The van der Waals surface area contributed by atoms with E-state index >= 15 is 0 Å². The van der Waals surface area contributed by atoms with Crippen molar-refractivity contribution >= 4 is 29.1 Å². The first-order valence-corrected chi connectivity index (χ1v) is 11.7. The van der Waals surface area contributed by atoms with Crippen molar-refractivity contribution in [1.29, 1.82) is 0 Å². The van der Waals surface area contributed by atoms with Gasteiger partial charge in [-0.15, -0.1) is 0 Å². The van der Waals surface area contributed by atoms with E-state index in [0.717, 1.165) is 36.3 Å². The molecule has 180 valence electrons. The fourth-order valence-corrected chi connectivity index (χ4v) is 4.18. The maximum Gasteiger partial charge on any atom is 0.262 e. The summed E-state index contributed by atoms with van der Waals surface area (Å²) in [6.07, 6.45) is 2.24. The van der Waals surface area contributed by atoms with Crippen LogP contribution >= 0.6 is 0 Å². The molecule has 3 amide bonds. The van der Waals surface area contributed by atoms with Crippen LogP contribution in [0.3, 0.4) is 0 Å². The average molecular weight is 466 g/mol. The molecule has 0 aliphatic carbocycles. The van der Waals surface area contributed by atoms with E-state index in [1.165, 1.54) is 0 Å². The molecular weight excluding hydrogens is 434 g/mol. The van der Waals surface area contributed by atoms with Gasteiger partial charge in [0.2, 0.25) is 11.8 Å². The summed E-state index contributed by atoms with van der Waals surface area (Å²) < 4.78 is 11.1. The number of hydrogen-bond acceptors (Lipinski definition) is 5. The lowest BCUT2D eigenvalue weighted by Gasteiger charge is -2.18. The third kappa shape index (κ3) is 5.94. The molecule has 2 aromatic carbocycles. The predicted molar refractivity (Wildman–Crippen MR) is 129 cm³/mol. The second kappa shape index (κ2) is 10.7. The molecule has 0 spiro atoms. The zero-order valence-corrected chi connectivity index (χ0v) is 19.6. The second-order valence-corrected chi connectivity index (χ2v) is 8.92. The van der Waals surface area contributed by atoms with Gasteiger partial charge in [-0.3, -0.25) is 14.4 Å². The molecular formula is C26H31N3O5. The topological polar surface area (TPSA) is 97.0 Å². The van der Waals surface area contributed by atoms with Crippen LogP contribution in [0.4, 0.5) is 11.4 Å². The van der Waals surface area contributed by atoms with Crippen LogP contribution in [0.1, 0.15) is 30.4 Å². The quantitative estimate of drug-likeness (QED) is 0.625. The van der Waals surface area contributed by atoms with Crippen LogP contribution in [0.5, 0.6) is 5.75 Å². The van der Waals surface area contributed by atoms with E-state index in [1.807, 2.05) is 32.0 Å². The summed E-state index contributed by atoms with van der Waals surface area (Å²) in [5.74, 6) is -0.297. The Hall–Kier alpha value is -3.39. The molecule has 2 N–H and O–H groups in total. The van der Waals surface area contributed by atoms with Crippen molar-refractivity contribution in [1.82, 2.24) is 5.32 Å². The van der Waals surface area contributed by atoms with Gasteiger partial charge in [0, 0.05) is 37.5 Å². The number of rotatable bonds is 8. The number of aryl methyl sites for hydroxylation is 2. The zero-order chi connectivity index (χ0) is 24.1. The van der Waals surface area contributed by atoms with E-state index in [2.05, 4.69) is 10.6 Å². The highest BCUT2D eigenvalue weighted by Crippen LogP contribution is 2.27. The van der Waals surface area contributed by atoms with Gasteiger partial charge < -0.3 is 25.0 Å². The Bertz CT molecular complexity index is 1050. The van der Waals surface area contributed by atoms with Gasteiger partial charge in [-0.1, -0.05) is 6.07 Å². The smallest absolute Gasteiger partial charge is 0.262 e. The van der Waals surface area contributed by atoms with E-state index in [9.17, 15) is 14.4 Å². The highest BCUT2D eigenvalue weighted by atomic mass is 16.5. The lowest BCUT2D eigenvalue weighted by molar-refractivity contribution is -0.126. The second-order valence-electron chi connectivity index (χ2n) is 8.92. The van der Waals surface area contributed by atoms with E-state index in [-0.39, 0.29) is 42.8 Å². The van der Waals surface area contributed by atoms with Crippen LogP contribution in [0.25, 0.3) is 0 Å². The zero-order valence-electron chi connectivity index (χ0n) is 19.6. The molecule has 2 aliphatic rings. The molecule has 0 bridgehead atoms. The number of carbonyl (C=O) groups is 3. The molecule has 8 nitrogen and oxygen atoms in total. The van der Waals surface area contributed by atoms with Crippen LogP contribution in [0, 0.1) is 19.8 Å². The SMILES string of the molecule is Cc1ccc(NC(=O)COc2ccc(N3C[C@@H](C(=O)NC[C@H]4CCCO4)CC3=O)cc2)cc1C. The van der Waals surface area contributed by atoms with E-state index in [1.54, 1.807) is 29.2 Å². The lowest BCUT2D eigenvalue weighted by Crippen LogP contribution is -2.37. The summed E-state index contributed by atoms with van der Waals surface area (Å²) in [6.45, 7) is 5.47. The molecule has 2 heterocycles. The summed E-state index contributed by atoms with van der Waals surface area (Å²) in [4.78, 5) is 38.8. The van der Waals surface area contributed by atoms with E-state index in [0.29, 0.717) is 24.5 Å². The van der Waals surface area contributed by atoms with Crippen molar-refractivity contribution in [2.24, 2.45) is 5.92 Å². The molecule has 0 unspecified atom stereocenters. The number of benzene rings is 2. The molecule has 0 radical (unpaired) electrons. The van der Waals surface area contributed by atoms with E-state index < -0.39 is 0 Å². The number of nitrogens with zero attached hydrogens (tertiary/aromatic N) is 1. The van der Waals surface area contributed by atoms with Gasteiger partial charge >= 0.3 is 0 Å². The van der Waals surface area contributed by atoms with E-state index in [4.69, 9.17) is 9.47 Å². The maximum absolute atomic E-state index is 12.5. The Morgan fingerprint density at radius 2 is 1.91 bits per heavy atom. The van der Waals surface area contributed by atoms with Crippen LogP contribution in [-0.2, 0) is 19.1 Å². The summed E-state index contributed by atoms with van der Waals surface area (Å²) in [5.41, 5.74) is 3.70. The number of ether oxygens (including phenoxy) is 2. The van der Waals surface area contributed by atoms with Crippen LogP contribution in [0.15, 0.2) is 42.5 Å². The van der Waals surface area contributed by atoms with Gasteiger partial charge in [0.05, 0.1) is 12.0 Å². The number of carbonyl (C=O) groups excluding carboxylic acids is 3. The third-order valence-corrected chi connectivity index (χ3v) is 6.33. The molecule has 0 saturated carbocycles. The Labute approximate surface area is 199 Å². The molecule has 2 aliphatic heterocycles. The minimum absolute atomic E-state index is 0.0767. The van der Waals surface area contributed by atoms with Gasteiger partial charge in [0.15, 0.2) is 6.61 Å². The Kier molecular flexibility index (Phi) is 7.47. The van der Waals surface area contributed by atoms with Gasteiger partial charge in [-0.2, -0.15) is 0 Å².